The van der Waals surface area contributed by atoms with Crippen LogP contribution in [0.4, 0.5) is 0 Å². The molecule has 3 heteroatoms. The van der Waals surface area contributed by atoms with E-state index in [-0.39, 0.29) is 0 Å². The van der Waals surface area contributed by atoms with Crippen molar-refractivity contribution in [3.05, 3.63) is 101 Å². The van der Waals surface area contributed by atoms with Crippen molar-refractivity contribution in [1.29, 1.82) is 0 Å². The summed E-state index contributed by atoms with van der Waals surface area (Å²) in [6, 6.07) is 27.6. The Morgan fingerprint density at radius 1 is 0.857 bits per heavy atom. The van der Waals surface area contributed by atoms with Crippen LogP contribution < -0.4 is 4.74 Å². The lowest BCUT2D eigenvalue weighted by molar-refractivity contribution is 0.408. The van der Waals surface area contributed by atoms with E-state index in [4.69, 9.17) is 9.15 Å². The average molecular weight is 389 g/mol. The summed E-state index contributed by atoms with van der Waals surface area (Å²) in [5.74, 6) is 2.79. The molecule has 4 aromatic rings. The Morgan fingerprint density at radius 3 is 2.11 bits per heavy atom. The molecule has 0 amide bonds. The van der Waals surface area contributed by atoms with E-state index in [9.17, 15) is 0 Å². The molecule has 0 saturated carbocycles. The quantitative estimate of drug-likeness (QED) is 0.347. The van der Waals surface area contributed by atoms with Crippen LogP contribution in [-0.2, 0) is 6.42 Å². The van der Waals surface area contributed by atoms with E-state index < -0.39 is 0 Å². The van der Waals surface area contributed by atoms with Gasteiger partial charge < -0.3 is 9.15 Å². The third kappa shape index (κ3) is 3.81. The summed E-state index contributed by atoms with van der Waals surface area (Å²) >= 11 is 1.98. The lowest BCUT2D eigenvalue weighted by Gasteiger charge is -2.17. The zero-order chi connectivity index (χ0) is 19.3. The summed E-state index contributed by atoms with van der Waals surface area (Å²) in [6.07, 6.45) is 0.965. The third-order valence-corrected chi connectivity index (χ3v) is 6.36. The van der Waals surface area contributed by atoms with Gasteiger partial charge in [-0.2, -0.15) is 0 Å². The minimum atomic E-state index is 0.329. The van der Waals surface area contributed by atoms with Gasteiger partial charge in [-0.25, -0.2) is 0 Å². The number of thioether (sulfide) groups is 1. The Labute approximate surface area is 170 Å². The van der Waals surface area contributed by atoms with Crippen molar-refractivity contribution in [2.75, 3.05) is 12.9 Å². The minimum absolute atomic E-state index is 0.329. The number of benzene rings is 3. The molecule has 0 bridgehead atoms. The monoisotopic (exact) mass is 388 g/mol. The number of rotatable bonds is 7. The van der Waals surface area contributed by atoms with Gasteiger partial charge in [-0.05, 0) is 36.3 Å². The topological polar surface area (TPSA) is 22.4 Å². The Morgan fingerprint density at radius 2 is 1.50 bits per heavy atom. The number of hydrogen-bond acceptors (Lipinski definition) is 3. The zero-order valence-electron chi connectivity index (χ0n) is 16.2. The third-order valence-electron chi connectivity index (χ3n) is 5.05. The van der Waals surface area contributed by atoms with Crippen LogP contribution in [0.2, 0.25) is 0 Å². The van der Waals surface area contributed by atoms with E-state index in [2.05, 4.69) is 66.7 Å². The maximum atomic E-state index is 6.01. The number of furan rings is 1. The van der Waals surface area contributed by atoms with Gasteiger partial charge in [0.1, 0.15) is 5.76 Å². The highest BCUT2D eigenvalue weighted by atomic mass is 32.2. The Bertz CT molecular complexity index is 999. The average Bonchev–Trinajstić information content (AvgIpc) is 3.07. The van der Waals surface area contributed by atoms with Crippen molar-refractivity contribution in [1.82, 2.24) is 0 Å². The Balaban J connectivity index is 1.56. The van der Waals surface area contributed by atoms with Crippen molar-refractivity contribution in [3.8, 4) is 5.75 Å². The van der Waals surface area contributed by atoms with E-state index in [1.165, 1.54) is 16.7 Å². The molecule has 0 atom stereocenters. The summed E-state index contributed by atoms with van der Waals surface area (Å²) in [6.45, 7) is 2.05. The molecule has 1 heterocycles. The SMILES string of the molecule is COc1cccc2c(CCSC(c3ccccc3)c3ccccc3)c(C)oc12. The van der Waals surface area contributed by atoms with Crippen LogP contribution in [0.1, 0.15) is 27.7 Å². The molecule has 0 N–H and O–H groups in total. The molecule has 0 saturated heterocycles. The predicted octanol–water partition coefficient (Wildman–Crippen LogP) is 6.82. The maximum Gasteiger partial charge on any atom is 0.176 e. The number of para-hydroxylation sites is 1. The van der Waals surface area contributed by atoms with Gasteiger partial charge in [0.15, 0.2) is 11.3 Å². The zero-order valence-corrected chi connectivity index (χ0v) is 17.0. The normalized spacial score (nSPS) is 11.2. The molecule has 142 valence electrons. The number of methoxy groups -OCH3 is 1. The highest BCUT2D eigenvalue weighted by Gasteiger charge is 2.17. The first-order valence-corrected chi connectivity index (χ1v) is 10.6. The van der Waals surface area contributed by atoms with E-state index in [1.807, 2.05) is 30.8 Å². The van der Waals surface area contributed by atoms with Gasteiger partial charge in [0.2, 0.25) is 0 Å². The summed E-state index contributed by atoms with van der Waals surface area (Å²) in [4.78, 5) is 0. The molecule has 0 fully saturated rings. The van der Waals surface area contributed by atoms with E-state index in [1.54, 1.807) is 7.11 Å². The second-order valence-electron chi connectivity index (χ2n) is 6.80. The molecule has 2 nitrogen and oxygen atoms in total. The fraction of sp³-hybridized carbons (Fsp3) is 0.200. The molecular weight excluding hydrogens is 364 g/mol. The van der Waals surface area contributed by atoms with E-state index >= 15 is 0 Å². The maximum absolute atomic E-state index is 6.01. The first-order chi connectivity index (χ1) is 13.8. The van der Waals surface area contributed by atoms with Crippen LogP contribution in [0, 0.1) is 6.92 Å². The number of fused-ring (bicyclic) bond motifs is 1. The first-order valence-electron chi connectivity index (χ1n) is 9.54. The number of aryl methyl sites for hydroxylation is 2. The lowest BCUT2D eigenvalue weighted by atomic mass is 10.0. The van der Waals surface area contributed by atoms with Crippen LogP contribution in [0.5, 0.6) is 5.75 Å². The summed E-state index contributed by atoms with van der Waals surface area (Å²) < 4.78 is 11.5. The van der Waals surface area contributed by atoms with Crippen molar-refractivity contribution in [2.24, 2.45) is 0 Å². The van der Waals surface area contributed by atoms with Crippen LogP contribution in [0.25, 0.3) is 11.0 Å². The van der Waals surface area contributed by atoms with Crippen molar-refractivity contribution in [3.63, 3.8) is 0 Å². The molecule has 4 rings (SSSR count). The van der Waals surface area contributed by atoms with Gasteiger partial charge in [-0.3, -0.25) is 0 Å². The highest BCUT2D eigenvalue weighted by molar-refractivity contribution is 7.99. The van der Waals surface area contributed by atoms with Crippen molar-refractivity contribution in [2.45, 2.75) is 18.6 Å². The number of ether oxygens (including phenoxy) is 1. The molecule has 1 aromatic heterocycles. The van der Waals surface area contributed by atoms with Crippen LogP contribution in [0.15, 0.2) is 83.3 Å². The van der Waals surface area contributed by atoms with Crippen LogP contribution in [0.3, 0.4) is 0 Å². The van der Waals surface area contributed by atoms with Gasteiger partial charge in [-0.1, -0.05) is 72.8 Å². The molecule has 28 heavy (non-hydrogen) atoms. The standard InChI is InChI=1S/C25H24O2S/c1-18-21(22-14-9-15-23(26-2)24(22)27-18)16-17-28-25(19-10-5-3-6-11-19)20-12-7-4-8-13-20/h3-15,25H,16-17H2,1-2H3. The summed E-state index contributed by atoms with van der Waals surface area (Å²) in [5, 5.41) is 1.49. The van der Waals surface area contributed by atoms with Gasteiger partial charge in [-0.15, -0.1) is 11.8 Å². The fourth-order valence-electron chi connectivity index (χ4n) is 3.65. The van der Waals surface area contributed by atoms with Gasteiger partial charge in [0, 0.05) is 10.9 Å². The molecule has 0 radical (unpaired) electrons. The fourth-order valence-corrected chi connectivity index (χ4v) is 4.91. The Kier molecular flexibility index (Phi) is 5.73. The van der Waals surface area contributed by atoms with Crippen molar-refractivity contribution >= 4 is 22.7 Å². The molecule has 0 spiro atoms. The second kappa shape index (κ2) is 8.57. The minimum Gasteiger partial charge on any atom is -0.493 e. The van der Waals surface area contributed by atoms with E-state index in [0.29, 0.717) is 5.25 Å². The van der Waals surface area contributed by atoms with Gasteiger partial charge in [0.05, 0.1) is 12.4 Å². The lowest BCUT2D eigenvalue weighted by Crippen LogP contribution is -1.99. The van der Waals surface area contributed by atoms with Gasteiger partial charge >= 0.3 is 0 Å². The molecule has 0 aliphatic heterocycles. The molecule has 0 aliphatic rings. The second-order valence-corrected chi connectivity index (χ2v) is 8.01. The van der Waals surface area contributed by atoms with Gasteiger partial charge in [0.25, 0.3) is 0 Å². The van der Waals surface area contributed by atoms with Crippen LogP contribution >= 0.6 is 11.8 Å². The molecule has 3 aromatic carbocycles. The summed E-state index contributed by atoms with van der Waals surface area (Å²) in [7, 11) is 1.69. The summed E-state index contributed by atoms with van der Waals surface area (Å²) in [5.41, 5.74) is 4.81. The van der Waals surface area contributed by atoms with Crippen LogP contribution in [-0.4, -0.2) is 12.9 Å². The molecular formula is C25H24O2S. The molecule has 0 unspecified atom stereocenters. The molecule has 0 aliphatic carbocycles. The first kappa shape index (κ1) is 18.7. The predicted molar refractivity (Wildman–Crippen MR) is 118 cm³/mol. The number of hydrogen-bond donors (Lipinski definition) is 0. The highest BCUT2D eigenvalue weighted by Crippen LogP contribution is 2.37. The van der Waals surface area contributed by atoms with E-state index in [0.717, 1.165) is 34.7 Å². The Hall–Kier alpha value is -2.65. The van der Waals surface area contributed by atoms with Crippen molar-refractivity contribution < 1.29 is 9.15 Å². The smallest absolute Gasteiger partial charge is 0.176 e. The largest absolute Gasteiger partial charge is 0.493 e.